The summed E-state index contributed by atoms with van der Waals surface area (Å²) >= 11 is 0. The van der Waals surface area contributed by atoms with Gasteiger partial charge in [0.15, 0.2) is 0 Å². The molecule has 0 fully saturated rings. The molecule has 0 bridgehead atoms. The molecular formula is C12H20N2O3S. The van der Waals surface area contributed by atoms with Crippen molar-refractivity contribution in [1.82, 2.24) is 4.31 Å². The molecule has 1 aromatic rings. The Morgan fingerprint density at radius 3 is 2.33 bits per heavy atom. The first-order valence-electron chi connectivity index (χ1n) is 5.67. The fourth-order valence-electron chi connectivity index (χ4n) is 1.54. The molecule has 0 aromatic heterocycles. The van der Waals surface area contributed by atoms with Crippen LogP contribution in [-0.2, 0) is 10.0 Å². The van der Waals surface area contributed by atoms with Crippen molar-refractivity contribution in [3.05, 3.63) is 23.3 Å². The first-order chi connectivity index (χ1) is 8.21. The number of hydrogen-bond acceptors (Lipinski definition) is 4. The van der Waals surface area contributed by atoms with Crippen LogP contribution in [0.3, 0.4) is 0 Å². The van der Waals surface area contributed by atoms with Crippen LogP contribution in [0.2, 0.25) is 0 Å². The first kappa shape index (κ1) is 14.9. The molecule has 0 aliphatic rings. The number of rotatable bonds is 4. The minimum Gasteiger partial charge on any atom is -0.398 e. The van der Waals surface area contributed by atoms with Crippen LogP contribution in [-0.4, -0.2) is 37.5 Å². The Morgan fingerprint density at radius 2 is 1.83 bits per heavy atom. The Morgan fingerprint density at radius 1 is 1.33 bits per heavy atom. The largest absolute Gasteiger partial charge is 0.398 e. The van der Waals surface area contributed by atoms with Crippen molar-refractivity contribution in [1.29, 1.82) is 0 Å². The highest BCUT2D eigenvalue weighted by atomic mass is 32.2. The molecule has 0 aliphatic carbocycles. The second-order valence-corrected chi connectivity index (χ2v) is 6.49. The van der Waals surface area contributed by atoms with Gasteiger partial charge in [-0.25, -0.2) is 8.42 Å². The van der Waals surface area contributed by atoms with Crippen molar-refractivity contribution in [2.75, 3.05) is 19.4 Å². The monoisotopic (exact) mass is 272 g/mol. The lowest BCUT2D eigenvalue weighted by atomic mass is 10.1. The third-order valence-electron chi connectivity index (χ3n) is 3.17. The lowest BCUT2D eigenvalue weighted by Crippen LogP contribution is -2.37. The highest BCUT2D eigenvalue weighted by molar-refractivity contribution is 7.89. The van der Waals surface area contributed by atoms with E-state index in [1.54, 1.807) is 19.1 Å². The third-order valence-corrected chi connectivity index (χ3v) is 5.20. The zero-order valence-electron chi connectivity index (χ0n) is 11.1. The Hall–Kier alpha value is -1.11. The van der Waals surface area contributed by atoms with E-state index in [2.05, 4.69) is 0 Å². The number of anilines is 1. The van der Waals surface area contributed by atoms with Crippen LogP contribution in [0, 0.1) is 13.8 Å². The molecule has 5 nitrogen and oxygen atoms in total. The van der Waals surface area contributed by atoms with Gasteiger partial charge < -0.3 is 10.8 Å². The average Bonchev–Trinajstić information content (AvgIpc) is 2.31. The number of aliphatic hydroxyl groups excluding tert-OH is 1. The number of aryl methyl sites for hydroxylation is 2. The van der Waals surface area contributed by atoms with Gasteiger partial charge in [-0.15, -0.1) is 0 Å². The quantitative estimate of drug-likeness (QED) is 0.797. The maximum absolute atomic E-state index is 12.4. The van der Waals surface area contributed by atoms with Gasteiger partial charge in [0, 0.05) is 13.1 Å². The number of nitrogens with zero attached hydrogens (tertiary/aromatic N) is 1. The standard InChI is InChI=1S/C12H20N2O3S/c1-8-5-11(13)12(6-9(8)2)18(16,17)14(4)10(3)7-15/h5-6,10,15H,7,13H2,1-4H3. The van der Waals surface area contributed by atoms with Gasteiger partial charge in [0.2, 0.25) is 10.0 Å². The molecular weight excluding hydrogens is 252 g/mol. The summed E-state index contributed by atoms with van der Waals surface area (Å²) < 4.78 is 25.8. The number of nitrogens with two attached hydrogens (primary N) is 1. The van der Waals surface area contributed by atoms with Crippen LogP contribution in [0.25, 0.3) is 0 Å². The van der Waals surface area contributed by atoms with Crippen molar-refractivity contribution in [3.63, 3.8) is 0 Å². The second kappa shape index (κ2) is 5.26. The van der Waals surface area contributed by atoms with Gasteiger partial charge in [-0.3, -0.25) is 0 Å². The maximum Gasteiger partial charge on any atom is 0.245 e. The van der Waals surface area contributed by atoms with Gasteiger partial charge in [0.05, 0.1) is 12.3 Å². The maximum atomic E-state index is 12.4. The van der Waals surface area contributed by atoms with Gasteiger partial charge in [0.1, 0.15) is 4.90 Å². The summed E-state index contributed by atoms with van der Waals surface area (Å²) in [6.45, 7) is 5.11. The molecule has 0 spiro atoms. The van der Waals surface area contributed by atoms with Crippen LogP contribution in [0.15, 0.2) is 17.0 Å². The van der Waals surface area contributed by atoms with E-state index in [4.69, 9.17) is 10.8 Å². The van der Waals surface area contributed by atoms with E-state index in [9.17, 15) is 8.42 Å². The molecule has 0 amide bonds. The molecule has 1 atom stereocenters. The number of aliphatic hydroxyl groups is 1. The fraction of sp³-hybridized carbons (Fsp3) is 0.500. The van der Waals surface area contributed by atoms with E-state index in [0.717, 1.165) is 15.4 Å². The van der Waals surface area contributed by atoms with Crippen LogP contribution in [0.1, 0.15) is 18.1 Å². The zero-order chi connectivity index (χ0) is 14.1. The molecule has 3 N–H and O–H groups in total. The van der Waals surface area contributed by atoms with Gasteiger partial charge in [-0.2, -0.15) is 4.31 Å². The molecule has 0 saturated heterocycles. The minimum atomic E-state index is -3.67. The van der Waals surface area contributed by atoms with E-state index < -0.39 is 16.1 Å². The predicted molar refractivity (Wildman–Crippen MR) is 71.8 cm³/mol. The summed E-state index contributed by atoms with van der Waals surface area (Å²) in [5.74, 6) is 0. The van der Waals surface area contributed by atoms with Gasteiger partial charge in [0.25, 0.3) is 0 Å². The van der Waals surface area contributed by atoms with Crippen molar-refractivity contribution in [2.24, 2.45) is 0 Å². The first-order valence-corrected chi connectivity index (χ1v) is 7.11. The summed E-state index contributed by atoms with van der Waals surface area (Å²) in [6, 6.07) is 2.73. The van der Waals surface area contributed by atoms with Crippen LogP contribution < -0.4 is 5.73 Å². The fourth-order valence-corrected chi connectivity index (χ4v) is 3.08. The van der Waals surface area contributed by atoms with Crippen molar-refractivity contribution in [3.8, 4) is 0 Å². The molecule has 1 aromatic carbocycles. The average molecular weight is 272 g/mol. The van der Waals surface area contributed by atoms with E-state index in [0.29, 0.717) is 0 Å². The van der Waals surface area contributed by atoms with Crippen LogP contribution in [0.4, 0.5) is 5.69 Å². The lowest BCUT2D eigenvalue weighted by Gasteiger charge is -2.23. The summed E-state index contributed by atoms with van der Waals surface area (Å²) in [5.41, 5.74) is 7.84. The van der Waals surface area contributed by atoms with Crippen LogP contribution in [0.5, 0.6) is 0 Å². The molecule has 0 heterocycles. The van der Waals surface area contributed by atoms with E-state index in [1.807, 2.05) is 13.8 Å². The van der Waals surface area contributed by atoms with Crippen LogP contribution >= 0.6 is 0 Å². The number of nitrogen functional groups attached to an aromatic ring is 1. The number of sulfonamides is 1. The molecule has 102 valence electrons. The second-order valence-electron chi connectivity index (χ2n) is 4.53. The number of benzene rings is 1. The molecule has 0 radical (unpaired) electrons. The van der Waals surface area contributed by atoms with E-state index in [-0.39, 0.29) is 17.2 Å². The minimum absolute atomic E-state index is 0.0911. The summed E-state index contributed by atoms with van der Waals surface area (Å²) in [6.07, 6.45) is 0. The molecule has 1 unspecified atom stereocenters. The Labute approximate surface area is 108 Å². The topological polar surface area (TPSA) is 83.6 Å². The molecule has 0 aliphatic heterocycles. The zero-order valence-corrected chi connectivity index (χ0v) is 12.0. The SMILES string of the molecule is Cc1cc(N)c(S(=O)(=O)N(C)C(C)CO)cc1C. The smallest absolute Gasteiger partial charge is 0.245 e. The molecule has 1 rings (SSSR count). The predicted octanol–water partition coefficient (Wildman–Crippen LogP) is 0.887. The van der Waals surface area contributed by atoms with Gasteiger partial charge in [-0.05, 0) is 44.0 Å². The highest BCUT2D eigenvalue weighted by Crippen LogP contribution is 2.26. The Kier molecular flexibility index (Phi) is 4.37. The third kappa shape index (κ3) is 2.66. The molecule has 18 heavy (non-hydrogen) atoms. The normalized spacial score (nSPS) is 13.9. The number of likely N-dealkylation sites (N-methyl/N-ethyl adjacent to an activating group) is 1. The van der Waals surface area contributed by atoms with E-state index >= 15 is 0 Å². The lowest BCUT2D eigenvalue weighted by molar-refractivity contribution is 0.214. The highest BCUT2D eigenvalue weighted by Gasteiger charge is 2.27. The summed E-state index contributed by atoms with van der Waals surface area (Å²) in [4.78, 5) is 0.0911. The van der Waals surface area contributed by atoms with Crippen molar-refractivity contribution < 1.29 is 13.5 Å². The summed E-state index contributed by atoms with van der Waals surface area (Å²) in [5, 5.41) is 9.05. The van der Waals surface area contributed by atoms with Gasteiger partial charge in [-0.1, -0.05) is 0 Å². The van der Waals surface area contributed by atoms with Crippen molar-refractivity contribution >= 4 is 15.7 Å². The molecule has 6 heteroatoms. The van der Waals surface area contributed by atoms with Gasteiger partial charge >= 0.3 is 0 Å². The number of hydrogen-bond donors (Lipinski definition) is 2. The Balaban J connectivity index is 3.33. The summed E-state index contributed by atoms with van der Waals surface area (Å²) in [7, 11) is -2.24. The van der Waals surface area contributed by atoms with E-state index in [1.165, 1.54) is 7.05 Å². The van der Waals surface area contributed by atoms with Crippen molar-refractivity contribution in [2.45, 2.75) is 31.7 Å². The molecule has 0 saturated carbocycles. The Bertz CT molecular complexity index is 540.